The molecule has 2 atom stereocenters. The lowest BCUT2D eigenvalue weighted by Crippen LogP contribution is -2.57. The number of likely N-dealkylation sites (N-methyl/N-ethyl adjacent to an activating group) is 1. The summed E-state index contributed by atoms with van der Waals surface area (Å²) in [6.07, 6.45) is 3.79. The molecule has 1 aromatic heterocycles. The van der Waals surface area contributed by atoms with Crippen molar-refractivity contribution in [3.05, 3.63) is 24.2 Å². The van der Waals surface area contributed by atoms with Crippen molar-refractivity contribution in [2.75, 3.05) is 46.3 Å². The van der Waals surface area contributed by atoms with Crippen LogP contribution in [0, 0.1) is 0 Å². The average molecular weight is 348 g/mol. The molecule has 0 saturated carbocycles. The highest BCUT2D eigenvalue weighted by Crippen LogP contribution is 2.16. The lowest BCUT2D eigenvalue weighted by Gasteiger charge is -2.40. The number of carbonyl (C=O) groups excluding carboxylic acids is 2. The largest absolute Gasteiger partial charge is 0.459 e. The minimum atomic E-state index is -0.108. The molecule has 0 bridgehead atoms. The zero-order valence-corrected chi connectivity index (χ0v) is 15.1. The monoisotopic (exact) mass is 348 g/mol. The third-order valence-corrected chi connectivity index (χ3v) is 5.38. The number of nitrogens with zero attached hydrogens (tertiary/aromatic N) is 3. The number of rotatable bonds is 4. The second-order valence-corrected chi connectivity index (χ2v) is 6.89. The number of hydrogen-bond acceptors (Lipinski definition) is 5. The maximum Gasteiger partial charge on any atom is 0.289 e. The highest BCUT2D eigenvalue weighted by atomic mass is 16.3. The highest BCUT2D eigenvalue weighted by Gasteiger charge is 2.32. The lowest BCUT2D eigenvalue weighted by atomic mass is 10.0. The van der Waals surface area contributed by atoms with Crippen LogP contribution in [0.5, 0.6) is 0 Å². The summed E-state index contributed by atoms with van der Waals surface area (Å²) in [7, 11) is 1.98. The first kappa shape index (κ1) is 17.9. The smallest absolute Gasteiger partial charge is 0.289 e. The third kappa shape index (κ3) is 4.04. The molecule has 0 aromatic carbocycles. The number of piperazine rings is 1. The molecule has 2 aliphatic heterocycles. The Hall–Kier alpha value is -1.86. The number of hydrogen-bond donors (Lipinski definition) is 1. The van der Waals surface area contributed by atoms with Crippen molar-refractivity contribution in [3.8, 4) is 0 Å². The van der Waals surface area contributed by atoms with Gasteiger partial charge in [-0.15, -0.1) is 0 Å². The van der Waals surface area contributed by atoms with Gasteiger partial charge in [-0.05, 0) is 45.5 Å². The first-order chi connectivity index (χ1) is 12.1. The molecule has 1 aromatic rings. The summed E-state index contributed by atoms with van der Waals surface area (Å²) >= 11 is 0. The van der Waals surface area contributed by atoms with E-state index in [-0.39, 0.29) is 17.9 Å². The molecule has 0 spiro atoms. The van der Waals surface area contributed by atoms with E-state index < -0.39 is 0 Å². The zero-order valence-electron chi connectivity index (χ0n) is 15.1. The summed E-state index contributed by atoms with van der Waals surface area (Å²) in [6.45, 7) is 6.16. The van der Waals surface area contributed by atoms with Crippen molar-refractivity contribution in [1.82, 2.24) is 20.0 Å². The highest BCUT2D eigenvalue weighted by molar-refractivity contribution is 5.91. The Bertz CT molecular complexity index is 581. The van der Waals surface area contributed by atoms with Crippen LogP contribution in [-0.4, -0.2) is 84.9 Å². The van der Waals surface area contributed by atoms with E-state index in [1.54, 1.807) is 17.0 Å². The fourth-order valence-electron chi connectivity index (χ4n) is 3.70. The summed E-state index contributed by atoms with van der Waals surface area (Å²) < 4.78 is 5.18. The van der Waals surface area contributed by atoms with E-state index in [4.69, 9.17) is 4.42 Å². The Labute approximate surface area is 148 Å². The van der Waals surface area contributed by atoms with E-state index in [1.165, 1.54) is 12.7 Å². The van der Waals surface area contributed by atoms with Gasteiger partial charge in [0.05, 0.1) is 12.3 Å². The van der Waals surface area contributed by atoms with Crippen molar-refractivity contribution in [1.29, 1.82) is 0 Å². The van der Waals surface area contributed by atoms with Gasteiger partial charge in [0, 0.05) is 38.8 Å². The van der Waals surface area contributed by atoms with Gasteiger partial charge >= 0.3 is 0 Å². The van der Waals surface area contributed by atoms with Crippen LogP contribution in [0.1, 0.15) is 30.3 Å². The summed E-state index contributed by atoms with van der Waals surface area (Å²) in [4.78, 5) is 31.1. The third-order valence-electron chi connectivity index (χ3n) is 5.38. The fourth-order valence-corrected chi connectivity index (χ4v) is 3.70. The van der Waals surface area contributed by atoms with Crippen LogP contribution in [0.2, 0.25) is 0 Å². The molecule has 7 nitrogen and oxygen atoms in total. The Morgan fingerprint density at radius 2 is 1.92 bits per heavy atom. The normalized spacial score (nSPS) is 23.5. The summed E-state index contributed by atoms with van der Waals surface area (Å²) in [5, 5.41) is 3.32. The molecule has 3 rings (SSSR count). The van der Waals surface area contributed by atoms with Crippen molar-refractivity contribution in [3.63, 3.8) is 0 Å². The summed E-state index contributed by atoms with van der Waals surface area (Å²) in [6, 6.07) is 3.75. The van der Waals surface area contributed by atoms with Gasteiger partial charge in [0.1, 0.15) is 0 Å². The molecule has 0 radical (unpaired) electrons. The molecular formula is C18H28N4O3. The van der Waals surface area contributed by atoms with Crippen molar-refractivity contribution < 1.29 is 14.0 Å². The molecule has 2 aliphatic rings. The Morgan fingerprint density at radius 3 is 2.56 bits per heavy atom. The second-order valence-electron chi connectivity index (χ2n) is 6.89. The van der Waals surface area contributed by atoms with Gasteiger partial charge in [0.25, 0.3) is 5.91 Å². The number of carbonyl (C=O) groups is 2. The van der Waals surface area contributed by atoms with Crippen molar-refractivity contribution >= 4 is 11.8 Å². The van der Waals surface area contributed by atoms with Gasteiger partial charge in [-0.1, -0.05) is 0 Å². The Morgan fingerprint density at radius 1 is 1.20 bits per heavy atom. The average Bonchev–Trinajstić information content (AvgIpc) is 3.21. The number of amides is 2. The van der Waals surface area contributed by atoms with Crippen molar-refractivity contribution in [2.45, 2.75) is 31.8 Å². The maximum atomic E-state index is 12.8. The topological polar surface area (TPSA) is 69.0 Å². The fraction of sp³-hybridized carbons (Fsp3) is 0.667. The Kier molecular flexibility index (Phi) is 5.75. The minimum absolute atomic E-state index is 0.0990. The summed E-state index contributed by atoms with van der Waals surface area (Å²) in [5.41, 5.74) is 0. The zero-order chi connectivity index (χ0) is 17.8. The number of likely N-dealkylation sites (tertiary alicyclic amines) is 1. The maximum absolute atomic E-state index is 12.8. The Balaban J connectivity index is 1.51. The van der Waals surface area contributed by atoms with Gasteiger partial charge in [-0.3, -0.25) is 14.5 Å². The molecule has 2 saturated heterocycles. The predicted octanol–water partition coefficient (Wildman–Crippen LogP) is 0.636. The standard InChI is InChI=1S/C18H28N4O3/c1-14(22-7-3-5-15(13-22)19-2)17(23)20-8-10-21(11-9-20)18(24)16-6-4-12-25-16/h4,6,12,14-15,19H,3,5,7-11,13H2,1-2H3. The molecule has 138 valence electrons. The predicted molar refractivity (Wildman–Crippen MR) is 94.3 cm³/mol. The van der Waals surface area contributed by atoms with Crippen LogP contribution in [-0.2, 0) is 4.79 Å². The summed E-state index contributed by atoms with van der Waals surface area (Å²) in [5.74, 6) is 0.430. The molecule has 2 amide bonds. The van der Waals surface area contributed by atoms with Gasteiger partial charge in [-0.2, -0.15) is 0 Å². The molecule has 7 heteroatoms. The van der Waals surface area contributed by atoms with E-state index >= 15 is 0 Å². The van der Waals surface area contributed by atoms with Gasteiger partial charge in [0.2, 0.25) is 5.91 Å². The first-order valence-corrected chi connectivity index (χ1v) is 9.13. The molecule has 2 unspecified atom stereocenters. The van der Waals surface area contributed by atoms with E-state index in [2.05, 4.69) is 10.2 Å². The van der Waals surface area contributed by atoms with E-state index in [0.29, 0.717) is 38.0 Å². The molecule has 0 aliphatic carbocycles. The van der Waals surface area contributed by atoms with Crippen LogP contribution in [0.4, 0.5) is 0 Å². The molecule has 3 heterocycles. The first-order valence-electron chi connectivity index (χ1n) is 9.13. The number of furan rings is 1. The quantitative estimate of drug-likeness (QED) is 0.865. The van der Waals surface area contributed by atoms with Crippen molar-refractivity contribution in [2.24, 2.45) is 0 Å². The number of piperidine rings is 1. The van der Waals surface area contributed by atoms with Crippen LogP contribution >= 0.6 is 0 Å². The van der Waals surface area contributed by atoms with Gasteiger partial charge in [-0.25, -0.2) is 0 Å². The number of nitrogens with one attached hydrogen (secondary N) is 1. The molecule has 25 heavy (non-hydrogen) atoms. The van der Waals surface area contributed by atoms with Crippen LogP contribution in [0.15, 0.2) is 22.8 Å². The lowest BCUT2D eigenvalue weighted by molar-refractivity contribution is -0.138. The van der Waals surface area contributed by atoms with E-state index in [9.17, 15) is 9.59 Å². The van der Waals surface area contributed by atoms with Crippen LogP contribution in [0.3, 0.4) is 0 Å². The molecular weight excluding hydrogens is 320 g/mol. The van der Waals surface area contributed by atoms with E-state index in [0.717, 1.165) is 19.5 Å². The minimum Gasteiger partial charge on any atom is -0.459 e. The molecule has 1 N–H and O–H groups in total. The van der Waals surface area contributed by atoms with Gasteiger partial charge in [0.15, 0.2) is 5.76 Å². The van der Waals surface area contributed by atoms with E-state index in [1.807, 2.05) is 18.9 Å². The van der Waals surface area contributed by atoms with Crippen LogP contribution < -0.4 is 5.32 Å². The van der Waals surface area contributed by atoms with Gasteiger partial charge < -0.3 is 19.5 Å². The van der Waals surface area contributed by atoms with Crippen LogP contribution in [0.25, 0.3) is 0 Å². The molecule has 2 fully saturated rings. The second kappa shape index (κ2) is 8.01. The SMILES string of the molecule is CNC1CCCN(C(C)C(=O)N2CCN(C(=O)c3ccco3)CC2)C1.